The van der Waals surface area contributed by atoms with Crippen LogP contribution >= 0.6 is 22.7 Å². The average Bonchev–Trinajstić information content (AvgIpc) is 2.93. The van der Waals surface area contributed by atoms with Crippen LogP contribution < -0.4 is 10.6 Å². The van der Waals surface area contributed by atoms with Crippen molar-refractivity contribution in [3.05, 3.63) is 10.9 Å². The topological polar surface area (TPSA) is 63.2 Å². The van der Waals surface area contributed by atoms with Gasteiger partial charge in [-0.2, -0.15) is 0 Å². The summed E-state index contributed by atoms with van der Waals surface area (Å²) in [4.78, 5) is 18.6. The normalized spacial score (nSPS) is 22.8. The van der Waals surface area contributed by atoms with E-state index in [-0.39, 0.29) is 11.6 Å². The van der Waals surface area contributed by atoms with Crippen molar-refractivity contribution in [3.63, 3.8) is 0 Å². The maximum absolute atomic E-state index is 11.9. The summed E-state index contributed by atoms with van der Waals surface area (Å²) in [5.74, 6) is 0. The molecule has 0 aliphatic carbocycles. The molecule has 19 heavy (non-hydrogen) atoms. The number of fused-ring (bicyclic) bond motifs is 1. The molecule has 1 atom stereocenters. The van der Waals surface area contributed by atoms with Crippen molar-refractivity contribution >= 4 is 43.4 Å². The van der Waals surface area contributed by atoms with Gasteiger partial charge in [0.15, 0.2) is 5.13 Å². The van der Waals surface area contributed by atoms with Crippen molar-refractivity contribution in [1.82, 2.24) is 10.3 Å². The van der Waals surface area contributed by atoms with Crippen molar-refractivity contribution in [1.29, 1.82) is 0 Å². The van der Waals surface area contributed by atoms with Crippen LogP contribution in [0.2, 0.25) is 0 Å². The Morgan fingerprint density at radius 3 is 3.05 bits per heavy atom. The molecule has 7 heteroatoms. The zero-order chi connectivity index (χ0) is 13.5. The standard InChI is InChI=1S/C12H15N3O2S2/c1-7-5-8-9(18-7)13-11(19-8)14-10(16)15-12(2)3-4-17-6-12/h5H,3-4,6H2,1-2H3,(H2,13,14,15,16). The van der Waals surface area contributed by atoms with E-state index in [0.717, 1.165) is 16.0 Å². The van der Waals surface area contributed by atoms with Crippen LogP contribution in [0.25, 0.3) is 9.53 Å². The third-order valence-corrected chi connectivity index (χ3v) is 5.06. The first-order chi connectivity index (χ1) is 9.04. The minimum Gasteiger partial charge on any atom is -0.379 e. The molecule has 3 heterocycles. The molecule has 2 aromatic heterocycles. The Morgan fingerprint density at radius 2 is 2.37 bits per heavy atom. The summed E-state index contributed by atoms with van der Waals surface area (Å²) in [6.45, 7) is 5.30. The summed E-state index contributed by atoms with van der Waals surface area (Å²) in [7, 11) is 0. The highest BCUT2D eigenvalue weighted by Gasteiger charge is 2.31. The molecule has 1 aliphatic heterocycles. The SMILES string of the molecule is Cc1cc2sc(NC(=O)NC3(C)CCOC3)nc2s1. The van der Waals surface area contributed by atoms with Crippen molar-refractivity contribution < 1.29 is 9.53 Å². The fraction of sp³-hybridized carbons (Fsp3) is 0.500. The lowest BCUT2D eigenvalue weighted by molar-refractivity contribution is 0.172. The lowest BCUT2D eigenvalue weighted by Crippen LogP contribution is -2.48. The number of amides is 2. The Balaban J connectivity index is 1.66. The highest BCUT2D eigenvalue weighted by atomic mass is 32.1. The lowest BCUT2D eigenvalue weighted by Gasteiger charge is -2.23. The van der Waals surface area contributed by atoms with Gasteiger partial charge in [0.2, 0.25) is 0 Å². The third kappa shape index (κ3) is 2.72. The molecule has 1 unspecified atom stereocenters. The summed E-state index contributed by atoms with van der Waals surface area (Å²) < 4.78 is 6.42. The molecule has 1 saturated heterocycles. The Labute approximate surface area is 119 Å². The van der Waals surface area contributed by atoms with Gasteiger partial charge in [-0.1, -0.05) is 11.3 Å². The number of rotatable bonds is 2. The van der Waals surface area contributed by atoms with E-state index in [9.17, 15) is 4.79 Å². The van der Waals surface area contributed by atoms with Gasteiger partial charge < -0.3 is 10.1 Å². The third-order valence-electron chi connectivity index (χ3n) is 3.07. The molecule has 3 rings (SSSR count). The number of thiazole rings is 1. The number of aromatic nitrogens is 1. The second-order valence-electron chi connectivity index (χ2n) is 4.99. The molecule has 0 aromatic carbocycles. The van der Waals surface area contributed by atoms with Gasteiger partial charge in [-0.25, -0.2) is 9.78 Å². The first-order valence-electron chi connectivity index (χ1n) is 6.08. The number of nitrogens with one attached hydrogen (secondary N) is 2. The van der Waals surface area contributed by atoms with Crippen LogP contribution in [0.3, 0.4) is 0 Å². The van der Waals surface area contributed by atoms with Crippen LogP contribution in [0.15, 0.2) is 6.07 Å². The van der Waals surface area contributed by atoms with Crippen molar-refractivity contribution in [2.24, 2.45) is 0 Å². The highest BCUT2D eigenvalue weighted by molar-refractivity contribution is 7.29. The van der Waals surface area contributed by atoms with Crippen LogP contribution in [0.4, 0.5) is 9.93 Å². The number of carbonyl (C=O) groups is 1. The maximum atomic E-state index is 11.9. The van der Waals surface area contributed by atoms with Gasteiger partial charge in [0.25, 0.3) is 0 Å². The zero-order valence-corrected chi connectivity index (χ0v) is 12.4. The van der Waals surface area contributed by atoms with E-state index >= 15 is 0 Å². The van der Waals surface area contributed by atoms with Crippen LogP contribution in [0.1, 0.15) is 18.2 Å². The monoisotopic (exact) mass is 297 g/mol. The Kier molecular flexibility index (Phi) is 3.20. The number of ether oxygens (including phenoxy) is 1. The molecule has 0 bridgehead atoms. The van der Waals surface area contributed by atoms with Crippen LogP contribution in [-0.2, 0) is 4.74 Å². The van der Waals surface area contributed by atoms with Gasteiger partial charge in [0, 0.05) is 11.5 Å². The van der Waals surface area contributed by atoms with Gasteiger partial charge in [0.1, 0.15) is 4.83 Å². The molecule has 5 nitrogen and oxygen atoms in total. The first kappa shape index (κ1) is 12.8. The predicted molar refractivity (Wildman–Crippen MR) is 78.2 cm³/mol. The molecule has 0 spiro atoms. The molecule has 0 radical (unpaired) electrons. The molecule has 1 aliphatic rings. The van der Waals surface area contributed by atoms with Crippen LogP contribution in [-0.4, -0.2) is 29.8 Å². The molecular weight excluding hydrogens is 282 g/mol. The van der Waals surface area contributed by atoms with E-state index in [1.54, 1.807) is 11.3 Å². The van der Waals surface area contributed by atoms with Crippen LogP contribution in [0, 0.1) is 6.92 Å². The molecule has 2 amide bonds. The Morgan fingerprint density at radius 1 is 1.53 bits per heavy atom. The molecule has 1 fully saturated rings. The summed E-state index contributed by atoms with van der Waals surface area (Å²) >= 11 is 3.14. The van der Waals surface area contributed by atoms with Crippen LogP contribution in [0.5, 0.6) is 0 Å². The zero-order valence-electron chi connectivity index (χ0n) is 10.8. The minimum atomic E-state index is -0.269. The number of nitrogens with zero attached hydrogens (tertiary/aromatic N) is 1. The van der Waals surface area contributed by atoms with E-state index in [4.69, 9.17) is 4.74 Å². The van der Waals surface area contributed by atoms with Gasteiger partial charge in [-0.15, -0.1) is 11.3 Å². The number of hydrogen-bond acceptors (Lipinski definition) is 5. The largest absolute Gasteiger partial charge is 0.379 e. The lowest BCUT2D eigenvalue weighted by atomic mass is 10.0. The summed E-state index contributed by atoms with van der Waals surface area (Å²) in [5.41, 5.74) is -0.269. The molecule has 2 N–H and O–H groups in total. The van der Waals surface area contributed by atoms with Crippen molar-refractivity contribution in [2.45, 2.75) is 25.8 Å². The molecule has 0 saturated carbocycles. The fourth-order valence-corrected chi connectivity index (χ4v) is 4.09. The van der Waals surface area contributed by atoms with Crippen molar-refractivity contribution in [2.75, 3.05) is 18.5 Å². The number of carbonyl (C=O) groups excluding carboxylic acids is 1. The summed E-state index contributed by atoms with van der Waals surface area (Å²) in [5, 5.41) is 6.38. The van der Waals surface area contributed by atoms with Gasteiger partial charge >= 0.3 is 6.03 Å². The summed E-state index contributed by atoms with van der Waals surface area (Å²) in [6.07, 6.45) is 0.840. The number of aryl methyl sites for hydroxylation is 1. The van der Waals surface area contributed by atoms with E-state index in [0.29, 0.717) is 18.3 Å². The first-order valence-corrected chi connectivity index (χ1v) is 7.71. The molecular formula is C12H15N3O2S2. The van der Waals surface area contributed by atoms with Gasteiger partial charge in [-0.3, -0.25) is 5.32 Å². The van der Waals surface area contributed by atoms with Gasteiger partial charge in [0.05, 0.1) is 16.8 Å². The number of thiophene rings is 1. The van der Waals surface area contributed by atoms with E-state index in [1.807, 2.05) is 6.92 Å². The van der Waals surface area contributed by atoms with E-state index < -0.39 is 0 Å². The number of urea groups is 1. The second kappa shape index (κ2) is 4.73. The van der Waals surface area contributed by atoms with Gasteiger partial charge in [-0.05, 0) is 26.3 Å². The van der Waals surface area contributed by atoms with E-state index in [2.05, 4.69) is 28.6 Å². The maximum Gasteiger partial charge on any atom is 0.321 e. The Hall–Kier alpha value is -1.18. The smallest absolute Gasteiger partial charge is 0.321 e. The average molecular weight is 297 g/mol. The molecule has 102 valence electrons. The quantitative estimate of drug-likeness (QED) is 0.895. The second-order valence-corrected chi connectivity index (χ2v) is 7.25. The predicted octanol–water partition coefficient (Wildman–Crippen LogP) is 2.97. The Bertz CT molecular complexity index is 582. The number of hydrogen-bond donors (Lipinski definition) is 2. The fourth-order valence-electron chi connectivity index (χ4n) is 2.07. The molecule has 2 aromatic rings. The van der Waals surface area contributed by atoms with E-state index in [1.165, 1.54) is 16.2 Å². The number of anilines is 1. The minimum absolute atomic E-state index is 0.217. The highest BCUT2D eigenvalue weighted by Crippen LogP contribution is 2.32. The van der Waals surface area contributed by atoms with Crippen molar-refractivity contribution in [3.8, 4) is 0 Å². The summed E-state index contributed by atoms with van der Waals surface area (Å²) in [6, 6.07) is 1.87.